The molecule has 0 saturated carbocycles. The minimum Gasteiger partial charge on any atom is -0.495 e. The average Bonchev–Trinajstić information content (AvgIpc) is 2.88. The maximum absolute atomic E-state index is 6.19. The molecule has 3 rings (SSSR count). The second-order valence-corrected chi connectivity index (χ2v) is 5.43. The van der Waals surface area contributed by atoms with Crippen molar-refractivity contribution in [3.63, 3.8) is 0 Å². The summed E-state index contributed by atoms with van der Waals surface area (Å²) in [6, 6.07) is 11.7. The van der Waals surface area contributed by atoms with Crippen LogP contribution in [0.3, 0.4) is 0 Å². The van der Waals surface area contributed by atoms with Gasteiger partial charge in [-0.05, 0) is 30.7 Å². The summed E-state index contributed by atoms with van der Waals surface area (Å²) < 4.78 is 7.50. The van der Waals surface area contributed by atoms with E-state index in [-0.39, 0.29) is 0 Å². The van der Waals surface area contributed by atoms with Gasteiger partial charge in [0.25, 0.3) is 0 Å². The first-order chi connectivity index (χ1) is 10.2. The monoisotopic (exact) mass is 320 g/mol. The maximum atomic E-state index is 6.19. The van der Waals surface area contributed by atoms with E-state index in [2.05, 4.69) is 4.98 Å². The van der Waals surface area contributed by atoms with E-state index in [9.17, 15) is 0 Å². The van der Waals surface area contributed by atoms with Crippen molar-refractivity contribution in [2.24, 2.45) is 0 Å². The van der Waals surface area contributed by atoms with Crippen LogP contribution in [0.25, 0.3) is 16.7 Å². The number of aromatic nitrogens is 2. The lowest BCUT2D eigenvalue weighted by molar-refractivity contribution is 0.413. The highest BCUT2D eigenvalue weighted by Gasteiger charge is 2.16. The highest BCUT2D eigenvalue weighted by molar-refractivity contribution is 6.31. The van der Waals surface area contributed by atoms with Gasteiger partial charge >= 0.3 is 0 Å². The van der Waals surface area contributed by atoms with Crippen molar-refractivity contribution in [3.05, 3.63) is 52.8 Å². The molecule has 0 aliphatic rings. The van der Waals surface area contributed by atoms with Crippen LogP contribution in [-0.4, -0.2) is 16.7 Å². The van der Waals surface area contributed by atoms with Crippen LogP contribution in [0.2, 0.25) is 5.02 Å². The third kappa shape index (κ3) is 2.37. The quantitative estimate of drug-likeness (QED) is 0.652. The molecule has 0 radical (unpaired) electrons. The number of imidazole rings is 1. The zero-order chi connectivity index (χ0) is 15.0. The van der Waals surface area contributed by atoms with Gasteiger partial charge < -0.3 is 4.74 Å². The number of fused-ring (bicyclic) bond motifs is 1. The highest BCUT2D eigenvalue weighted by Crippen LogP contribution is 2.33. The molecule has 0 spiro atoms. The molecule has 108 valence electrons. The van der Waals surface area contributed by atoms with Crippen LogP contribution >= 0.6 is 23.2 Å². The molecule has 0 fully saturated rings. The van der Waals surface area contributed by atoms with Crippen LogP contribution < -0.4 is 4.74 Å². The number of methoxy groups -OCH3 is 1. The van der Waals surface area contributed by atoms with Crippen LogP contribution in [0.5, 0.6) is 5.75 Å². The van der Waals surface area contributed by atoms with Crippen molar-refractivity contribution >= 4 is 34.2 Å². The second-order valence-electron chi connectivity index (χ2n) is 4.76. The molecule has 0 aliphatic heterocycles. The Morgan fingerprint density at radius 1 is 1.24 bits per heavy atom. The number of aryl methyl sites for hydroxylation is 1. The first-order valence-corrected chi connectivity index (χ1v) is 7.43. The average molecular weight is 321 g/mol. The fraction of sp³-hybridized carbons (Fsp3) is 0.188. The summed E-state index contributed by atoms with van der Waals surface area (Å²) in [5, 5.41) is 0.674. The molecule has 0 saturated heterocycles. The largest absolute Gasteiger partial charge is 0.495 e. The first-order valence-electron chi connectivity index (χ1n) is 6.52. The number of halogens is 2. The summed E-state index contributed by atoms with van der Waals surface area (Å²) >= 11 is 12.3. The van der Waals surface area contributed by atoms with Gasteiger partial charge in [-0.2, -0.15) is 0 Å². The van der Waals surface area contributed by atoms with Crippen molar-refractivity contribution in [1.82, 2.24) is 9.55 Å². The van der Waals surface area contributed by atoms with E-state index in [1.54, 1.807) is 7.11 Å². The molecule has 0 amide bonds. The predicted molar refractivity (Wildman–Crippen MR) is 86.9 cm³/mol. The van der Waals surface area contributed by atoms with Gasteiger partial charge in [0.1, 0.15) is 11.6 Å². The summed E-state index contributed by atoms with van der Waals surface area (Å²) in [5.41, 5.74) is 3.77. The third-order valence-electron chi connectivity index (χ3n) is 3.45. The molecular formula is C16H14Cl2N2O. The van der Waals surface area contributed by atoms with Gasteiger partial charge in [-0.25, -0.2) is 4.98 Å². The van der Waals surface area contributed by atoms with E-state index in [0.717, 1.165) is 28.1 Å². The minimum absolute atomic E-state index is 0.319. The number of alkyl halides is 1. The number of hydrogen-bond donors (Lipinski definition) is 0. The summed E-state index contributed by atoms with van der Waals surface area (Å²) in [6.07, 6.45) is 0. The molecule has 1 aromatic heterocycles. The van der Waals surface area contributed by atoms with E-state index >= 15 is 0 Å². The van der Waals surface area contributed by atoms with Crippen LogP contribution in [0, 0.1) is 6.92 Å². The van der Waals surface area contributed by atoms with Crippen LogP contribution in [0.4, 0.5) is 0 Å². The summed E-state index contributed by atoms with van der Waals surface area (Å²) in [5.74, 6) is 1.79. The van der Waals surface area contributed by atoms with E-state index in [4.69, 9.17) is 27.9 Å². The van der Waals surface area contributed by atoms with Gasteiger partial charge in [0.2, 0.25) is 0 Å². The Labute approximate surface area is 133 Å². The fourth-order valence-corrected chi connectivity index (χ4v) is 2.75. The molecular weight excluding hydrogens is 307 g/mol. The number of para-hydroxylation sites is 2. The van der Waals surface area contributed by atoms with Gasteiger partial charge in [0.15, 0.2) is 0 Å². The Bertz CT molecular complexity index is 811. The number of benzene rings is 2. The van der Waals surface area contributed by atoms with E-state index in [1.807, 2.05) is 47.9 Å². The lowest BCUT2D eigenvalue weighted by atomic mass is 10.2. The lowest BCUT2D eigenvalue weighted by Crippen LogP contribution is -2.02. The van der Waals surface area contributed by atoms with Gasteiger partial charge in [-0.1, -0.05) is 23.7 Å². The highest BCUT2D eigenvalue weighted by atomic mass is 35.5. The van der Waals surface area contributed by atoms with Crippen LogP contribution in [0.1, 0.15) is 11.4 Å². The first kappa shape index (κ1) is 14.2. The maximum Gasteiger partial charge on any atom is 0.144 e. The van der Waals surface area contributed by atoms with Crippen molar-refractivity contribution in [3.8, 4) is 11.4 Å². The van der Waals surface area contributed by atoms with Crippen molar-refractivity contribution in [2.45, 2.75) is 12.8 Å². The van der Waals surface area contributed by atoms with Crippen molar-refractivity contribution in [1.29, 1.82) is 0 Å². The standard InChI is InChI=1S/C16H14Cl2N2O/c1-10-7-14(15(21-2)8-11(10)18)20-13-6-4-3-5-12(13)19-16(20)9-17/h3-8H,9H2,1-2H3. The molecule has 21 heavy (non-hydrogen) atoms. The Balaban J connectivity index is 2.37. The number of rotatable bonds is 3. The molecule has 0 unspecified atom stereocenters. The molecule has 0 N–H and O–H groups in total. The molecule has 3 nitrogen and oxygen atoms in total. The Kier molecular flexibility index (Phi) is 3.79. The topological polar surface area (TPSA) is 27.1 Å². The van der Waals surface area contributed by atoms with Crippen LogP contribution in [0.15, 0.2) is 36.4 Å². The predicted octanol–water partition coefficient (Wildman–Crippen LogP) is 4.73. The van der Waals surface area contributed by atoms with E-state index < -0.39 is 0 Å². The number of hydrogen-bond acceptors (Lipinski definition) is 2. The summed E-state index contributed by atoms with van der Waals surface area (Å²) in [4.78, 5) is 4.58. The van der Waals surface area contributed by atoms with E-state index in [1.165, 1.54) is 0 Å². The molecule has 1 heterocycles. The number of nitrogens with zero attached hydrogens (tertiary/aromatic N) is 2. The minimum atomic E-state index is 0.319. The Hall–Kier alpha value is -1.71. The van der Waals surface area contributed by atoms with Gasteiger partial charge in [0.05, 0.1) is 29.7 Å². The van der Waals surface area contributed by atoms with Crippen molar-refractivity contribution in [2.75, 3.05) is 7.11 Å². The smallest absolute Gasteiger partial charge is 0.144 e. The SMILES string of the molecule is COc1cc(Cl)c(C)cc1-n1c(CCl)nc2ccccc21. The molecule has 0 atom stereocenters. The number of ether oxygens (including phenoxy) is 1. The molecule has 3 aromatic rings. The normalized spacial score (nSPS) is 11.0. The Morgan fingerprint density at radius 3 is 2.71 bits per heavy atom. The van der Waals surface area contributed by atoms with Crippen molar-refractivity contribution < 1.29 is 4.74 Å². The summed E-state index contributed by atoms with van der Waals surface area (Å²) in [6.45, 7) is 1.96. The second kappa shape index (κ2) is 5.58. The third-order valence-corrected chi connectivity index (χ3v) is 4.10. The summed E-state index contributed by atoms with van der Waals surface area (Å²) in [7, 11) is 1.63. The molecule has 2 aromatic carbocycles. The fourth-order valence-electron chi connectivity index (χ4n) is 2.42. The zero-order valence-corrected chi connectivity index (χ0v) is 13.2. The zero-order valence-electron chi connectivity index (χ0n) is 11.7. The lowest BCUT2D eigenvalue weighted by Gasteiger charge is -2.14. The van der Waals surface area contributed by atoms with E-state index in [0.29, 0.717) is 16.7 Å². The molecule has 0 bridgehead atoms. The van der Waals surface area contributed by atoms with Gasteiger partial charge in [-0.15, -0.1) is 11.6 Å². The molecule has 0 aliphatic carbocycles. The van der Waals surface area contributed by atoms with Gasteiger partial charge in [-0.3, -0.25) is 4.57 Å². The van der Waals surface area contributed by atoms with Crippen LogP contribution in [-0.2, 0) is 5.88 Å². The Morgan fingerprint density at radius 2 is 2.00 bits per heavy atom. The molecule has 5 heteroatoms. The van der Waals surface area contributed by atoms with Gasteiger partial charge in [0, 0.05) is 11.1 Å².